The van der Waals surface area contributed by atoms with Gasteiger partial charge in [-0.05, 0) is 19.8 Å². The van der Waals surface area contributed by atoms with Crippen LogP contribution in [0.1, 0.15) is 19.8 Å². The van der Waals surface area contributed by atoms with E-state index in [2.05, 4.69) is 10.2 Å². The molecule has 2 saturated heterocycles. The molecule has 0 radical (unpaired) electrons. The summed E-state index contributed by atoms with van der Waals surface area (Å²) in [5.74, 6) is 0.122. The molecule has 8 heteroatoms. The summed E-state index contributed by atoms with van der Waals surface area (Å²) in [7, 11) is 1.88. The van der Waals surface area contributed by atoms with Crippen molar-refractivity contribution < 1.29 is 14.3 Å². The van der Waals surface area contributed by atoms with Gasteiger partial charge in [0.25, 0.3) is 0 Å². The molecule has 2 aliphatic rings. The third kappa shape index (κ3) is 3.28. The Morgan fingerprint density at radius 3 is 3.05 bits per heavy atom. The first-order valence-electron chi connectivity index (χ1n) is 7.67. The molecular weight excluding hydrogens is 304 g/mol. The molecule has 3 rings (SSSR count). The molecule has 0 aromatic carbocycles. The molecule has 122 valence electrons. The van der Waals surface area contributed by atoms with Crippen LogP contribution >= 0.6 is 11.8 Å². The fourth-order valence-corrected chi connectivity index (χ4v) is 3.79. The summed E-state index contributed by atoms with van der Waals surface area (Å²) in [6.07, 6.45) is 3.81. The molecule has 2 fully saturated rings. The predicted octanol–water partition coefficient (Wildman–Crippen LogP) is 0.702. The number of thioether (sulfide) groups is 1. The second-order valence-corrected chi connectivity index (χ2v) is 7.02. The van der Waals surface area contributed by atoms with E-state index in [0.717, 1.165) is 24.6 Å². The maximum atomic E-state index is 12.8. The monoisotopic (exact) mass is 326 g/mol. The van der Waals surface area contributed by atoms with Gasteiger partial charge < -0.3 is 18.9 Å². The van der Waals surface area contributed by atoms with Crippen LogP contribution in [0.25, 0.3) is 0 Å². The fraction of sp³-hybridized carbons (Fsp3) is 0.786. The number of morpholine rings is 1. The van der Waals surface area contributed by atoms with Crippen molar-refractivity contribution in [3.63, 3.8) is 0 Å². The lowest BCUT2D eigenvalue weighted by Gasteiger charge is -2.39. The standard InChI is InChI=1S/C14H22N4O3S/c1-10(22-14-16-15-9-17(14)2)13(19)18-5-7-20-8-11(18)12-4-3-6-21-12/h9-12H,3-8H2,1-2H3. The summed E-state index contributed by atoms with van der Waals surface area (Å²) in [5, 5.41) is 8.44. The van der Waals surface area contributed by atoms with Crippen molar-refractivity contribution in [2.24, 2.45) is 7.05 Å². The lowest BCUT2D eigenvalue weighted by molar-refractivity contribution is -0.144. The molecule has 0 saturated carbocycles. The highest BCUT2D eigenvalue weighted by Crippen LogP contribution is 2.26. The van der Waals surface area contributed by atoms with Crippen LogP contribution in [0.15, 0.2) is 11.5 Å². The van der Waals surface area contributed by atoms with Crippen LogP contribution in [0.2, 0.25) is 0 Å². The van der Waals surface area contributed by atoms with E-state index in [4.69, 9.17) is 9.47 Å². The number of nitrogens with zero attached hydrogens (tertiary/aromatic N) is 4. The average Bonchev–Trinajstić information content (AvgIpc) is 3.19. The van der Waals surface area contributed by atoms with Crippen LogP contribution in [0, 0.1) is 0 Å². The highest BCUT2D eigenvalue weighted by atomic mass is 32.2. The van der Waals surface area contributed by atoms with Crippen molar-refractivity contribution in [3.05, 3.63) is 6.33 Å². The molecule has 2 aliphatic heterocycles. The van der Waals surface area contributed by atoms with Crippen LogP contribution < -0.4 is 0 Å². The van der Waals surface area contributed by atoms with Gasteiger partial charge in [-0.3, -0.25) is 4.79 Å². The molecular formula is C14H22N4O3S. The number of amides is 1. The molecule has 3 unspecified atom stereocenters. The summed E-state index contributed by atoms with van der Waals surface area (Å²) in [6, 6.07) is 0.0336. The van der Waals surface area contributed by atoms with E-state index in [-0.39, 0.29) is 23.3 Å². The Morgan fingerprint density at radius 2 is 2.36 bits per heavy atom. The number of aromatic nitrogens is 3. The minimum Gasteiger partial charge on any atom is -0.377 e. The zero-order chi connectivity index (χ0) is 15.5. The summed E-state index contributed by atoms with van der Waals surface area (Å²) < 4.78 is 13.2. The molecule has 0 bridgehead atoms. The molecule has 22 heavy (non-hydrogen) atoms. The number of carbonyl (C=O) groups excluding carboxylic acids is 1. The average molecular weight is 326 g/mol. The van der Waals surface area contributed by atoms with Gasteiger partial charge in [0.2, 0.25) is 5.91 Å². The third-order valence-electron chi connectivity index (χ3n) is 4.14. The third-order valence-corrected chi connectivity index (χ3v) is 5.28. The Labute approximate surface area is 134 Å². The highest BCUT2D eigenvalue weighted by molar-refractivity contribution is 8.00. The number of ether oxygens (including phenoxy) is 2. The second-order valence-electron chi connectivity index (χ2n) is 5.71. The Morgan fingerprint density at radius 1 is 1.50 bits per heavy atom. The van der Waals surface area contributed by atoms with E-state index in [1.165, 1.54) is 11.8 Å². The number of rotatable bonds is 4. The molecule has 7 nitrogen and oxygen atoms in total. The Balaban J connectivity index is 1.67. The molecule has 0 aliphatic carbocycles. The summed E-state index contributed by atoms with van der Waals surface area (Å²) >= 11 is 1.44. The number of aryl methyl sites for hydroxylation is 1. The van der Waals surface area contributed by atoms with Crippen molar-refractivity contribution >= 4 is 17.7 Å². The van der Waals surface area contributed by atoms with E-state index in [1.54, 1.807) is 6.33 Å². The van der Waals surface area contributed by atoms with Crippen molar-refractivity contribution in [2.45, 2.75) is 42.3 Å². The van der Waals surface area contributed by atoms with Crippen molar-refractivity contribution in [2.75, 3.05) is 26.4 Å². The van der Waals surface area contributed by atoms with E-state index in [9.17, 15) is 4.79 Å². The van der Waals surface area contributed by atoms with Crippen LogP contribution in [0.4, 0.5) is 0 Å². The van der Waals surface area contributed by atoms with Gasteiger partial charge in [0.1, 0.15) is 6.33 Å². The topological polar surface area (TPSA) is 69.5 Å². The predicted molar refractivity (Wildman–Crippen MR) is 81.6 cm³/mol. The first kappa shape index (κ1) is 15.8. The molecule has 1 aromatic rings. The van der Waals surface area contributed by atoms with Crippen molar-refractivity contribution in [1.29, 1.82) is 0 Å². The van der Waals surface area contributed by atoms with E-state index in [1.807, 2.05) is 23.4 Å². The minimum absolute atomic E-state index is 0.0336. The van der Waals surface area contributed by atoms with Crippen molar-refractivity contribution in [1.82, 2.24) is 19.7 Å². The minimum atomic E-state index is -0.204. The van der Waals surface area contributed by atoms with Gasteiger partial charge in [-0.15, -0.1) is 10.2 Å². The quantitative estimate of drug-likeness (QED) is 0.759. The number of hydrogen-bond acceptors (Lipinski definition) is 6. The fourth-order valence-electron chi connectivity index (χ4n) is 2.93. The second kappa shape index (κ2) is 6.97. The highest BCUT2D eigenvalue weighted by Gasteiger charge is 2.37. The normalized spacial score (nSPS) is 27.1. The summed E-state index contributed by atoms with van der Waals surface area (Å²) in [5.41, 5.74) is 0. The molecule has 1 amide bonds. The van der Waals surface area contributed by atoms with Crippen LogP contribution in [0.3, 0.4) is 0 Å². The zero-order valence-electron chi connectivity index (χ0n) is 13.0. The summed E-state index contributed by atoms with van der Waals surface area (Å²) in [6.45, 7) is 4.50. The van der Waals surface area contributed by atoms with Crippen LogP contribution in [-0.2, 0) is 21.3 Å². The molecule has 3 atom stereocenters. The molecule has 1 aromatic heterocycles. The Kier molecular flexibility index (Phi) is 5.00. The van der Waals surface area contributed by atoms with Gasteiger partial charge in [0, 0.05) is 20.2 Å². The van der Waals surface area contributed by atoms with E-state index < -0.39 is 0 Å². The Bertz CT molecular complexity index is 518. The molecule has 3 heterocycles. The SMILES string of the molecule is CC(Sc1nncn1C)C(=O)N1CCOCC1C1CCCO1. The van der Waals surface area contributed by atoms with Gasteiger partial charge in [0.05, 0.1) is 30.6 Å². The molecule has 0 N–H and O–H groups in total. The lowest BCUT2D eigenvalue weighted by Crippen LogP contribution is -2.55. The first-order chi connectivity index (χ1) is 10.7. The zero-order valence-corrected chi connectivity index (χ0v) is 13.8. The van der Waals surface area contributed by atoms with Gasteiger partial charge in [0.15, 0.2) is 5.16 Å². The van der Waals surface area contributed by atoms with Gasteiger partial charge in [-0.25, -0.2) is 0 Å². The van der Waals surface area contributed by atoms with Gasteiger partial charge in [-0.1, -0.05) is 11.8 Å². The van der Waals surface area contributed by atoms with Crippen LogP contribution in [0.5, 0.6) is 0 Å². The van der Waals surface area contributed by atoms with Crippen molar-refractivity contribution in [3.8, 4) is 0 Å². The summed E-state index contributed by atoms with van der Waals surface area (Å²) in [4.78, 5) is 14.8. The van der Waals surface area contributed by atoms with Crippen LogP contribution in [-0.4, -0.2) is 69.3 Å². The number of hydrogen-bond donors (Lipinski definition) is 0. The maximum Gasteiger partial charge on any atom is 0.236 e. The first-order valence-corrected chi connectivity index (χ1v) is 8.55. The van der Waals surface area contributed by atoms with E-state index >= 15 is 0 Å². The largest absolute Gasteiger partial charge is 0.377 e. The lowest BCUT2D eigenvalue weighted by atomic mass is 10.1. The van der Waals surface area contributed by atoms with Gasteiger partial charge in [-0.2, -0.15) is 0 Å². The molecule has 0 spiro atoms. The number of carbonyl (C=O) groups is 1. The van der Waals surface area contributed by atoms with Gasteiger partial charge >= 0.3 is 0 Å². The Hall–Kier alpha value is -1.12. The smallest absolute Gasteiger partial charge is 0.236 e. The maximum absolute atomic E-state index is 12.8. The van der Waals surface area contributed by atoms with E-state index in [0.29, 0.717) is 19.8 Å².